The van der Waals surface area contributed by atoms with E-state index in [0.717, 1.165) is 23.8 Å². The van der Waals surface area contributed by atoms with Gasteiger partial charge >= 0.3 is 0 Å². The minimum atomic E-state index is -4.05. The van der Waals surface area contributed by atoms with Gasteiger partial charge in [-0.25, -0.2) is 22.9 Å². The van der Waals surface area contributed by atoms with Crippen LogP contribution in [0.4, 0.5) is 4.39 Å². The number of nitrogens with zero attached hydrogens (tertiary/aromatic N) is 2. The number of primary sulfonamides is 1. The highest BCUT2D eigenvalue weighted by molar-refractivity contribution is 7.89. The summed E-state index contributed by atoms with van der Waals surface area (Å²) in [4.78, 5) is 18.3. The van der Waals surface area contributed by atoms with Gasteiger partial charge in [0, 0.05) is 18.5 Å². The van der Waals surface area contributed by atoms with Crippen LogP contribution in [-0.4, -0.2) is 30.8 Å². The second kappa shape index (κ2) is 6.84. The number of amides is 1. The maximum Gasteiger partial charge on any atom is 0.257 e. The van der Waals surface area contributed by atoms with Crippen LogP contribution < -0.4 is 5.14 Å². The molecule has 0 fully saturated rings. The molecule has 1 amide bonds. The highest BCUT2D eigenvalue weighted by atomic mass is 32.2. The van der Waals surface area contributed by atoms with Crippen LogP contribution in [0.15, 0.2) is 57.8 Å². The third kappa shape index (κ3) is 3.41. The molecule has 2 heterocycles. The Hall–Kier alpha value is -3.04. The van der Waals surface area contributed by atoms with Gasteiger partial charge < -0.3 is 9.32 Å². The number of carbonyl (C=O) groups excluding carboxylic acids is 1. The average molecular weight is 401 g/mol. The predicted molar refractivity (Wildman–Crippen MR) is 98.2 cm³/mol. The first-order chi connectivity index (χ1) is 13.3. The van der Waals surface area contributed by atoms with Gasteiger partial charge in [0.05, 0.1) is 17.0 Å². The highest BCUT2D eigenvalue weighted by Crippen LogP contribution is 2.27. The third-order valence-electron chi connectivity index (χ3n) is 4.53. The summed E-state index contributed by atoms with van der Waals surface area (Å²) in [6.45, 7) is 0.442. The van der Waals surface area contributed by atoms with Crippen molar-refractivity contribution in [3.05, 3.63) is 71.4 Å². The summed E-state index contributed by atoms with van der Waals surface area (Å²) < 4.78 is 43.0. The van der Waals surface area contributed by atoms with Gasteiger partial charge in [-0.2, -0.15) is 0 Å². The second-order valence-electron chi connectivity index (χ2n) is 6.42. The van der Waals surface area contributed by atoms with Crippen molar-refractivity contribution >= 4 is 15.9 Å². The average Bonchev–Trinajstić information content (AvgIpc) is 3.11. The van der Waals surface area contributed by atoms with Gasteiger partial charge in [0.2, 0.25) is 15.9 Å². The van der Waals surface area contributed by atoms with Gasteiger partial charge in [0.25, 0.3) is 5.91 Å². The van der Waals surface area contributed by atoms with Crippen LogP contribution >= 0.6 is 0 Å². The zero-order chi connectivity index (χ0) is 19.9. The number of rotatable bonds is 3. The standard InChI is InChI=1S/C19H16FN3O4S/c20-15-7-6-13(28(21,25)26)10-14(15)19(24)23-9-8-17-16(11-23)22-18(27-17)12-4-2-1-3-5-12/h1-7,10H,8-9,11H2,(H2,21,25,26). The fraction of sp³-hybridized carbons (Fsp3) is 0.158. The fourth-order valence-electron chi connectivity index (χ4n) is 3.09. The van der Waals surface area contributed by atoms with E-state index in [1.807, 2.05) is 30.3 Å². The molecule has 1 aliphatic rings. The molecule has 3 aromatic rings. The van der Waals surface area contributed by atoms with Crippen LogP contribution in [-0.2, 0) is 23.0 Å². The van der Waals surface area contributed by atoms with E-state index in [-0.39, 0.29) is 17.0 Å². The molecule has 28 heavy (non-hydrogen) atoms. The Balaban J connectivity index is 1.61. The van der Waals surface area contributed by atoms with E-state index in [4.69, 9.17) is 9.56 Å². The molecule has 144 valence electrons. The molecular formula is C19H16FN3O4S. The Labute approximate surface area is 160 Å². The van der Waals surface area contributed by atoms with Crippen molar-refractivity contribution in [2.45, 2.75) is 17.9 Å². The first-order valence-electron chi connectivity index (χ1n) is 8.48. The summed E-state index contributed by atoms with van der Waals surface area (Å²) in [5.74, 6) is -0.296. The number of nitrogens with two attached hydrogens (primary N) is 1. The lowest BCUT2D eigenvalue weighted by atomic mass is 10.1. The summed E-state index contributed by atoms with van der Waals surface area (Å²) in [6.07, 6.45) is 0.428. The molecule has 4 rings (SSSR count). The monoisotopic (exact) mass is 401 g/mol. The number of aromatic nitrogens is 1. The van der Waals surface area contributed by atoms with Crippen molar-refractivity contribution in [3.63, 3.8) is 0 Å². The maximum absolute atomic E-state index is 14.2. The first kappa shape index (κ1) is 18.3. The van der Waals surface area contributed by atoms with E-state index in [1.165, 1.54) is 4.90 Å². The first-order valence-corrected chi connectivity index (χ1v) is 10.0. The molecule has 0 saturated heterocycles. The molecule has 1 aromatic heterocycles. The molecule has 0 aliphatic carbocycles. The largest absolute Gasteiger partial charge is 0.441 e. The number of sulfonamides is 1. The highest BCUT2D eigenvalue weighted by Gasteiger charge is 2.28. The van der Waals surface area contributed by atoms with Crippen LogP contribution in [0, 0.1) is 5.82 Å². The number of benzene rings is 2. The van der Waals surface area contributed by atoms with E-state index in [2.05, 4.69) is 4.98 Å². The van der Waals surface area contributed by atoms with E-state index in [1.54, 1.807) is 0 Å². The lowest BCUT2D eigenvalue weighted by Crippen LogP contribution is -2.36. The Morgan fingerprint density at radius 3 is 2.64 bits per heavy atom. The van der Waals surface area contributed by atoms with Gasteiger partial charge in [0.1, 0.15) is 17.3 Å². The van der Waals surface area contributed by atoms with Crippen LogP contribution in [0.1, 0.15) is 21.8 Å². The molecule has 9 heteroatoms. The van der Waals surface area contributed by atoms with Crippen molar-refractivity contribution in [2.24, 2.45) is 5.14 Å². The maximum atomic E-state index is 14.2. The van der Waals surface area contributed by atoms with Crippen molar-refractivity contribution in [1.82, 2.24) is 9.88 Å². The van der Waals surface area contributed by atoms with Crippen molar-refractivity contribution < 1.29 is 22.0 Å². The van der Waals surface area contributed by atoms with Crippen LogP contribution in [0.5, 0.6) is 0 Å². The van der Waals surface area contributed by atoms with Crippen LogP contribution in [0.2, 0.25) is 0 Å². The zero-order valence-corrected chi connectivity index (χ0v) is 15.4. The minimum Gasteiger partial charge on any atom is -0.441 e. The molecule has 0 spiro atoms. The number of hydrogen-bond donors (Lipinski definition) is 1. The summed E-state index contributed by atoms with van der Waals surface area (Å²) in [5, 5.41) is 5.08. The zero-order valence-electron chi connectivity index (χ0n) is 14.6. The molecule has 0 bridgehead atoms. The number of oxazole rings is 1. The molecule has 1 aliphatic heterocycles. The van der Waals surface area contributed by atoms with Gasteiger partial charge in [-0.05, 0) is 30.3 Å². The second-order valence-corrected chi connectivity index (χ2v) is 7.98. The molecule has 7 nitrogen and oxygen atoms in total. The van der Waals surface area contributed by atoms with Gasteiger partial charge in [-0.15, -0.1) is 0 Å². The SMILES string of the molecule is NS(=O)(=O)c1ccc(F)c(C(=O)N2CCc3oc(-c4ccccc4)nc3C2)c1. The Morgan fingerprint density at radius 2 is 1.93 bits per heavy atom. The number of fused-ring (bicyclic) bond motifs is 1. The van der Waals surface area contributed by atoms with Crippen LogP contribution in [0.25, 0.3) is 11.5 Å². The number of hydrogen-bond acceptors (Lipinski definition) is 5. The third-order valence-corrected chi connectivity index (χ3v) is 5.44. The molecule has 0 unspecified atom stereocenters. The Bertz CT molecular complexity index is 1160. The van der Waals surface area contributed by atoms with Crippen molar-refractivity contribution in [2.75, 3.05) is 6.54 Å². The minimum absolute atomic E-state index is 0.142. The molecule has 2 N–H and O–H groups in total. The summed E-state index contributed by atoms with van der Waals surface area (Å²) >= 11 is 0. The molecule has 0 atom stereocenters. The predicted octanol–water partition coefficient (Wildman–Crippen LogP) is 2.33. The fourth-order valence-corrected chi connectivity index (χ4v) is 3.63. The van der Waals surface area contributed by atoms with E-state index < -0.39 is 21.7 Å². The lowest BCUT2D eigenvalue weighted by molar-refractivity contribution is 0.0723. The quantitative estimate of drug-likeness (QED) is 0.725. The van der Waals surface area contributed by atoms with Crippen molar-refractivity contribution in [3.8, 4) is 11.5 Å². The smallest absolute Gasteiger partial charge is 0.257 e. The molecule has 0 radical (unpaired) electrons. The topological polar surface area (TPSA) is 106 Å². The van der Waals surface area contributed by atoms with Crippen LogP contribution in [0.3, 0.4) is 0 Å². The van der Waals surface area contributed by atoms with Gasteiger partial charge in [-0.3, -0.25) is 4.79 Å². The lowest BCUT2D eigenvalue weighted by Gasteiger charge is -2.25. The molecular weight excluding hydrogens is 385 g/mol. The summed E-state index contributed by atoms with van der Waals surface area (Å²) in [6, 6.07) is 12.3. The Morgan fingerprint density at radius 1 is 1.18 bits per heavy atom. The Kier molecular flexibility index (Phi) is 4.48. The van der Waals surface area contributed by atoms with Crippen molar-refractivity contribution in [1.29, 1.82) is 0 Å². The number of carbonyl (C=O) groups is 1. The normalized spacial score (nSPS) is 14.0. The van der Waals surface area contributed by atoms with Gasteiger partial charge in [0.15, 0.2) is 0 Å². The van der Waals surface area contributed by atoms with E-state index >= 15 is 0 Å². The molecule has 0 saturated carbocycles. The van der Waals surface area contributed by atoms with E-state index in [9.17, 15) is 17.6 Å². The summed E-state index contributed by atoms with van der Waals surface area (Å²) in [7, 11) is -4.05. The number of halogens is 1. The summed E-state index contributed by atoms with van der Waals surface area (Å²) in [5.41, 5.74) is 1.07. The van der Waals surface area contributed by atoms with E-state index in [0.29, 0.717) is 30.3 Å². The molecule has 2 aromatic carbocycles. The van der Waals surface area contributed by atoms with Gasteiger partial charge in [-0.1, -0.05) is 18.2 Å².